The third-order valence-electron chi connectivity index (χ3n) is 4.65. The summed E-state index contributed by atoms with van der Waals surface area (Å²) in [6.07, 6.45) is 7.01. The van der Waals surface area contributed by atoms with Gasteiger partial charge in [0.25, 0.3) is 5.91 Å². The monoisotopic (exact) mass is 338 g/mol. The van der Waals surface area contributed by atoms with Crippen LogP contribution >= 0.6 is 0 Å². The summed E-state index contributed by atoms with van der Waals surface area (Å²) in [7, 11) is 3.66. The Hall–Kier alpha value is -2.88. The van der Waals surface area contributed by atoms with Crippen LogP contribution in [0.15, 0.2) is 30.7 Å². The number of hydrogen-bond donors (Lipinski definition) is 0. The van der Waals surface area contributed by atoms with E-state index in [0.717, 1.165) is 38.3 Å². The number of aryl methyl sites for hydroxylation is 1. The van der Waals surface area contributed by atoms with Crippen LogP contribution in [0.3, 0.4) is 0 Å². The lowest BCUT2D eigenvalue weighted by Crippen LogP contribution is -2.39. The Morgan fingerprint density at radius 3 is 2.68 bits per heavy atom. The van der Waals surface area contributed by atoms with E-state index in [1.807, 2.05) is 20.2 Å². The molecule has 1 aliphatic heterocycles. The minimum Gasteiger partial charge on any atom is -0.357 e. The van der Waals surface area contributed by atoms with E-state index in [-0.39, 0.29) is 5.91 Å². The van der Waals surface area contributed by atoms with Crippen LogP contribution in [-0.4, -0.2) is 52.3 Å². The Kier molecular flexibility index (Phi) is 4.98. The molecule has 0 N–H and O–H groups in total. The Balaban J connectivity index is 1.51. The number of pyridine rings is 1. The molecular weight excluding hydrogens is 316 g/mol. The van der Waals surface area contributed by atoms with E-state index in [1.165, 1.54) is 0 Å². The van der Waals surface area contributed by atoms with E-state index in [0.29, 0.717) is 17.0 Å². The Bertz CT molecular complexity index is 768. The third kappa shape index (κ3) is 3.97. The topological polar surface area (TPSA) is 78.1 Å². The molecule has 0 aromatic carbocycles. The zero-order chi connectivity index (χ0) is 17.8. The quantitative estimate of drug-likeness (QED) is 0.847. The lowest BCUT2D eigenvalue weighted by Gasteiger charge is -2.34. The fourth-order valence-electron chi connectivity index (χ4n) is 3.21. The SMILES string of the molecule is CN(CC1CCN(c2ccc(C#N)cn2)CC1)C(=O)c1cnn(C)c1. The second-order valence-corrected chi connectivity index (χ2v) is 6.54. The average molecular weight is 338 g/mol. The summed E-state index contributed by atoms with van der Waals surface area (Å²) in [5, 5.41) is 12.9. The van der Waals surface area contributed by atoms with Crippen molar-refractivity contribution in [2.45, 2.75) is 12.8 Å². The molecule has 3 heterocycles. The van der Waals surface area contributed by atoms with Crippen molar-refractivity contribution in [3.8, 4) is 6.07 Å². The molecule has 0 radical (unpaired) electrons. The molecule has 1 saturated heterocycles. The van der Waals surface area contributed by atoms with E-state index in [9.17, 15) is 4.79 Å². The van der Waals surface area contributed by atoms with Gasteiger partial charge in [0, 0.05) is 46.1 Å². The van der Waals surface area contributed by atoms with Crippen LogP contribution in [0, 0.1) is 17.2 Å². The molecule has 7 heteroatoms. The molecule has 130 valence electrons. The van der Waals surface area contributed by atoms with E-state index in [1.54, 1.807) is 34.2 Å². The third-order valence-corrected chi connectivity index (χ3v) is 4.65. The van der Waals surface area contributed by atoms with Crippen molar-refractivity contribution in [2.75, 3.05) is 31.6 Å². The number of anilines is 1. The van der Waals surface area contributed by atoms with Crippen LogP contribution in [0.4, 0.5) is 5.82 Å². The number of carbonyl (C=O) groups is 1. The van der Waals surface area contributed by atoms with Crippen molar-refractivity contribution in [1.82, 2.24) is 19.7 Å². The van der Waals surface area contributed by atoms with Crippen molar-refractivity contribution in [3.63, 3.8) is 0 Å². The van der Waals surface area contributed by atoms with Gasteiger partial charge in [0.05, 0.1) is 17.3 Å². The highest BCUT2D eigenvalue weighted by molar-refractivity contribution is 5.93. The summed E-state index contributed by atoms with van der Waals surface area (Å²) in [6, 6.07) is 5.79. The van der Waals surface area contributed by atoms with Gasteiger partial charge in [-0.2, -0.15) is 10.4 Å². The zero-order valence-electron chi connectivity index (χ0n) is 14.6. The predicted octanol–water partition coefficient (Wildman–Crippen LogP) is 1.68. The second kappa shape index (κ2) is 7.34. The molecule has 2 aromatic heterocycles. The summed E-state index contributed by atoms with van der Waals surface area (Å²) in [4.78, 5) is 20.8. The first-order valence-corrected chi connectivity index (χ1v) is 8.42. The van der Waals surface area contributed by atoms with E-state index >= 15 is 0 Å². The maximum atomic E-state index is 12.4. The molecule has 7 nitrogen and oxygen atoms in total. The van der Waals surface area contributed by atoms with Gasteiger partial charge in [-0.1, -0.05) is 0 Å². The summed E-state index contributed by atoms with van der Waals surface area (Å²) < 4.78 is 1.64. The number of rotatable bonds is 4. The maximum Gasteiger partial charge on any atom is 0.256 e. The van der Waals surface area contributed by atoms with Gasteiger partial charge in [-0.3, -0.25) is 9.48 Å². The molecule has 0 atom stereocenters. The molecule has 0 aliphatic carbocycles. The fourth-order valence-corrected chi connectivity index (χ4v) is 3.21. The number of amides is 1. The highest BCUT2D eigenvalue weighted by atomic mass is 16.2. The van der Waals surface area contributed by atoms with Gasteiger partial charge in [-0.15, -0.1) is 0 Å². The second-order valence-electron chi connectivity index (χ2n) is 6.54. The van der Waals surface area contributed by atoms with Crippen LogP contribution in [0.1, 0.15) is 28.8 Å². The number of piperidine rings is 1. The number of carbonyl (C=O) groups excluding carboxylic acids is 1. The molecule has 1 amide bonds. The molecule has 0 saturated carbocycles. The summed E-state index contributed by atoms with van der Waals surface area (Å²) in [5.74, 6) is 1.42. The van der Waals surface area contributed by atoms with Crippen LogP contribution in [0.5, 0.6) is 0 Å². The lowest BCUT2D eigenvalue weighted by molar-refractivity contribution is 0.0765. The van der Waals surface area contributed by atoms with Gasteiger partial charge in [0.1, 0.15) is 11.9 Å². The molecule has 1 aliphatic rings. The van der Waals surface area contributed by atoms with Crippen LogP contribution in [-0.2, 0) is 7.05 Å². The molecule has 1 fully saturated rings. The summed E-state index contributed by atoms with van der Waals surface area (Å²) >= 11 is 0. The summed E-state index contributed by atoms with van der Waals surface area (Å²) in [6.45, 7) is 2.58. The molecule has 0 spiro atoms. The predicted molar refractivity (Wildman–Crippen MR) is 94.1 cm³/mol. The Labute approximate surface area is 147 Å². The van der Waals surface area contributed by atoms with Crippen molar-refractivity contribution in [3.05, 3.63) is 41.9 Å². The van der Waals surface area contributed by atoms with Gasteiger partial charge in [0.15, 0.2) is 0 Å². The van der Waals surface area contributed by atoms with Crippen LogP contribution in [0.2, 0.25) is 0 Å². The number of hydrogen-bond acceptors (Lipinski definition) is 5. The maximum absolute atomic E-state index is 12.4. The smallest absolute Gasteiger partial charge is 0.256 e. The van der Waals surface area contributed by atoms with Crippen LogP contribution in [0.25, 0.3) is 0 Å². The minimum atomic E-state index is 0.0179. The molecule has 25 heavy (non-hydrogen) atoms. The molecule has 2 aromatic rings. The van der Waals surface area contributed by atoms with E-state index in [2.05, 4.69) is 21.1 Å². The first-order valence-electron chi connectivity index (χ1n) is 8.42. The van der Waals surface area contributed by atoms with Gasteiger partial charge in [0.2, 0.25) is 0 Å². The van der Waals surface area contributed by atoms with Gasteiger partial charge >= 0.3 is 0 Å². The van der Waals surface area contributed by atoms with E-state index < -0.39 is 0 Å². The largest absolute Gasteiger partial charge is 0.357 e. The van der Waals surface area contributed by atoms with Crippen molar-refractivity contribution in [1.29, 1.82) is 5.26 Å². The normalized spacial score (nSPS) is 15.0. The van der Waals surface area contributed by atoms with Crippen LogP contribution < -0.4 is 4.90 Å². The molecule has 3 rings (SSSR count). The lowest BCUT2D eigenvalue weighted by atomic mass is 9.96. The summed E-state index contributed by atoms with van der Waals surface area (Å²) in [5.41, 5.74) is 1.21. The first-order chi connectivity index (χ1) is 12.1. The highest BCUT2D eigenvalue weighted by Crippen LogP contribution is 2.22. The van der Waals surface area contributed by atoms with Gasteiger partial charge < -0.3 is 9.80 Å². The number of aromatic nitrogens is 3. The van der Waals surface area contributed by atoms with Crippen molar-refractivity contribution < 1.29 is 4.79 Å². The van der Waals surface area contributed by atoms with Crippen molar-refractivity contribution in [2.24, 2.45) is 13.0 Å². The van der Waals surface area contributed by atoms with E-state index in [4.69, 9.17) is 5.26 Å². The standard InChI is InChI=1S/C18H22N6O/c1-22(18(25)16-11-21-23(2)13-16)12-14-5-7-24(8-6-14)17-4-3-15(9-19)10-20-17/h3-4,10-11,13-14H,5-8,12H2,1-2H3. The number of nitriles is 1. The molecular formula is C18H22N6O. The minimum absolute atomic E-state index is 0.0179. The van der Waals surface area contributed by atoms with Gasteiger partial charge in [-0.25, -0.2) is 4.98 Å². The molecule has 0 unspecified atom stereocenters. The molecule has 0 bridgehead atoms. The zero-order valence-corrected chi connectivity index (χ0v) is 14.6. The Morgan fingerprint density at radius 2 is 2.12 bits per heavy atom. The highest BCUT2D eigenvalue weighted by Gasteiger charge is 2.23. The van der Waals surface area contributed by atoms with Crippen molar-refractivity contribution >= 4 is 11.7 Å². The van der Waals surface area contributed by atoms with Gasteiger partial charge in [-0.05, 0) is 30.9 Å². The Morgan fingerprint density at radius 1 is 1.36 bits per heavy atom. The average Bonchev–Trinajstić information content (AvgIpc) is 3.08. The fraction of sp³-hybridized carbons (Fsp3) is 0.444. The number of nitrogens with zero attached hydrogens (tertiary/aromatic N) is 6. The first kappa shape index (κ1) is 17.0.